The van der Waals surface area contributed by atoms with Crippen molar-refractivity contribution in [2.75, 3.05) is 0 Å². The Morgan fingerprint density at radius 3 is 2.21 bits per heavy atom. The third-order valence-corrected chi connectivity index (χ3v) is 5.93. The normalized spacial score (nSPS) is 14.2. The molecule has 0 bridgehead atoms. The molecule has 4 aromatic rings. The van der Waals surface area contributed by atoms with Crippen LogP contribution in [0, 0.1) is 37.2 Å². The molecule has 0 spiro atoms. The Balaban J connectivity index is 0.00000259. The Morgan fingerprint density at radius 2 is 1.73 bits per heavy atom. The summed E-state index contributed by atoms with van der Waals surface area (Å²) in [7, 11) is 0. The molecule has 3 heterocycles. The Bertz CT molecular complexity index is 1290. The van der Waals surface area contributed by atoms with Crippen molar-refractivity contribution in [3.8, 4) is 0 Å². The van der Waals surface area contributed by atoms with Crippen molar-refractivity contribution < 1.29 is 36.2 Å². The van der Waals surface area contributed by atoms with Crippen molar-refractivity contribution in [2.24, 2.45) is 0 Å². The molecule has 162 valence electrons. The van der Waals surface area contributed by atoms with Gasteiger partial charge >= 0.3 is 31.1 Å². The van der Waals surface area contributed by atoms with Gasteiger partial charge in [-0.25, -0.2) is 16.6 Å². The number of benzene rings is 1. The Hall–Kier alpha value is -2.59. The van der Waals surface area contributed by atoms with Gasteiger partial charge in [-0.3, -0.25) is 15.7 Å². The Labute approximate surface area is 216 Å². The number of aliphatic hydroxyl groups is 1. The molecule has 1 aromatic carbocycles. The monoisotopic (exact) mass is 659 g/mol. The van der Waals surface area contributed by atoms with Gasteiger partial charge in [-0.1, -0.05) is 25.1 Å². The fraction of sp³-hybridized carbons (Fsp3) is 0.231. The number of allylic oxidation sites excluding steroid dienone is 2. The van der Waals surface area contributed by atoms with Crippen LogP contribution >= 0.6 is 0 Å². The second kappa shape index (κ2) is 9.34. The summed E-state index contributed by atoms with van der Waals surface area (Å²) in [6.45, 7) is 3.38. The summed E-state index contributed by atoms with van der Waals surface area (Å²) < 4.78 is 0. The van der Waals surface area contributed by atoms with Gasteiger partial charge in [-0.2, -0.15) is 0 Å². The van der Waals surface area contributed by atoms with Gasteiger partial charge in [-0.15, -0.1) is 18.6 Å². The van der Waals surface area contributed by atoms with Crippen LogP contribution in [0.5, 0.6) is 0 Å². The molecule has 3 aromatic heterocycles. The van der Waals surface area contributed by atoms with Crippen LogP contribution in [0.3, 0.4) is 0 Å². The van der Waals surface area contributed by atoms with Crippen molar-refractivity contribution in [2.45, 2.75) is 38.2 Å². The Kier molecular flexibility index (Phi) is 6.67. The third kappa shape index (κ3) is 4.21. The molecule has 0 radical (unpaired) electrons. The first kappa shape index (κ1) is 23.6. The molecule has 6 nitrogen and oxygen atoms in total. The largest absolute Gasteiger partial charge is 2.00 e. The number of rotatable bonds is 6. The molecule has 1 aliphatic carbocycles. The van der Waals surface area contributed by atoms with Crippen molar-refractivity contribution >= 4 is 22.3 Å². The van der Waals surface area contributed by atoms with Crippen LogP contribution in [0.2, 0.25) is 0 Å². The van der Waals surface area contributed by atoms with Gasteiger partial charge < -0.3 is 15.5 Å². The summed E-state index contributed by atoms with van der Waals surface area (Å²) in [5.74, 6) is 1.33. The van der Waals surface area contributed by atoms with Gasteiger partial charge in [0.15, 0.2) is 5.60 Å². The number of hydrogen-bond donors (Lipinski definition) is 2. The van der Waals surface area contributed by atoms with Crippen LogP contribution in [-0.2, 0) is 5.60 Å². The number of aromatic amines is 1. The van der Waals surface area contributed by atoms with Gasteiger partial charge in [0.25, 0.3) is 0 Å². The van der Waals surface area contributed by atoms with E-state index >= 15 is 0 Å². The molecule has 1 fully saturated rings. The topological polar surface area (TPSA) is 97.0 Å². The zero-order chi connectivity index (χ0) is 22.3. The van der Waals surface area contributed by atoms with Crippen molar-refractivity contribution in [3.05, 3.63) is 101 Å². The van der Waals surface area contributed by atoms with Crippen LogP contribution in [0.1, 0.15) is 60.9 Å². The number of fused-ring (bicyclic) bond motifs is 1. The standard InChI is InChI=1S/C26H23N5O.U/c1-3-19(16(2)27)18-14-20(24-21(15-18)30-25(31-24)17-10-11-17)26(32,22-8-4-6-12-28-22)23-9-5-7-13-29-23;/h4-9,12-15,17,32H,10-11H2,1-2H3,(H,30,31);/q-2;+2. The van der Waals surface area contributed by atoms with Crippen LogP contribution in [0.25, 0.3) is 22.0 Å². The van der Waals surface area contributed by atoms with Crippen molar-refractivity contribution in [1.82, 2.24) is 19.9 Å². The predicted octanol–water partition coefficient (Wildman–Crippen LogP) is 4.75. The minimum atomic E-state index is -1.64. The van der Waals surface area contributed by atoms with E-state index in [0.717, 1.165) is 29.7 Å². The van der Waals surface area contributed by atoms with E-state index in [2.05, 4.69) is 21.0 Å². The zero-order valence-electron chi connectivity index (χ0n) is 18.5. The maximum Gasteiger partial charge on any atom is 2.00 e. The van der Waals surface area contributed by atoms with Crippen molar-refractivity contribution in [3.63, 3.8) is 0 Å². The molecule has 0 amide bonds. The minimum Gasteiger partial charge on any atom is -0.876 e. The third-order valence-electron chi connectivity index (χ3n) is 5.93. The molecule has 33 heavy (non-hydrogen) atoms. The molecule has 1 saturated carbocycles. The van der Waals surface area contributed by atoms with E-state index in [4.69, 9.17) is 4.98 Å². The van der Waals surface area contributed by atoms with E-state index in [1.54, 1.807) is 38.4 Å². The SMILES string of the molecule is C[C-]=C(C(C)=[N-])c1cc(C(O)(c2ccccn2)c2ccccn2)c2nc(C3CC3)[nH]c2c1.[U+2]. The fourth-order valence-corrected chi connectivity index (χ4v) is 4.20. The fourth-order valence-electron chi connectivity index (χ4n) is 4.20. The Morgan fingerprint density at radius 1 is 1.09 bits per heavy atom. The first-order valence-corrected chi connectivity index (χ1v) is 10.7. The zero-order valence-corrected chi connectivity index (χ0v) is 22.7. The first-order chi connectivity index (χ1) is 15.5. The summed E-state index contributed by atoms with van der Waals surface area (Å²) in [4.78, 5) is 17.3. The second-order valence-electron chi connectivity index (χ2n) is 8.17. The number of pyridine rings is 2. The van der Waals surface area contributed by atoms with Gasteiger partial charge in [0.1, 0.15) is 5.82 Å². The number of hydrogen-bond acceptors (Lipinski definition) is 4. The van der Waals surface area contributed by atoms with E-state index in [-0.39, 0.29) is 36.8 Å². The second-order valence-corrected chi connectivity index (χ2v) is 8.17. The molecule has 5 rings (SSSR count). The molecule has 0 saturated heterocycles. The number of nitrogens with one attached hydrogen (secondary N) is 1. The average molecular weight is 660 g/mol. The van der Waals surface area contributed by atoms with Gasteiger partial charge in [-0.05, 0) is 37.1 Å². The molecule has 7 heteroatoms. The molecule has 0 unspecified atom stereocenters. The van der Waals surface area contributed by atoms with E-state index in [0.29, 0.717) is 34.0 Å². The summed E-state index contributed by atoms with van der Waals surface area (Å²) in [5.41, 5.74) is 2.71. The van der Waals surface area contributed by atoms with Gasteiger partial charge in [0.2, 0.25) is 0 Å². The smallest absolute Gasteiger partial charge is 0.876 e. The summed E-state index contributed by atoms with van der Waals surface area (Å²) in [6.07, 6.45) is 8.58. The number of imidazole rings is 1. The quantitative estimate of drug-likeness (QED) is 0.231. The molecule has 0 aliphatic heterocycles. The maximum absolute atomic E-state index is 12.3. The first-order valence-electron chi connectivity index (χ1n) is 10.7. The van der Waals surface area contributed by atoms with Crippen LogP contribution in [0.4, 0.5) is 0 Å². The molecule has 0 atom stereocenters. The van der Waals surface area contributed by atoms with E-state index < -0.39 is 5.60 Å². The molecule has 2 N–H and O–H groups in total. The van der Waals surface area contributed by atoms with Gasteiger partial charge in [0.05, 0.1) is 22.4 Å². The average Bonchev–Trinajstić information content (AvgIpc) is 3.58. The van der Waals surface area contributed by atoms with Crippen LogP contribution in [-0.4, -0.2) is 30.8 Å². The van der Waals surface area contributed by atoms with Crippen LogP contribution < -0.4 is 0 Å². The number of nitrogens with zero attached hydrogens (tertiary/aromatic N) is 4. The van der Waals surface area contributed by atoms with E-state index in [9.17, 15) is 10.5 Å². The molecular formula is C26H23N5OU. The molecule has 1 aliphatic rings. The number of H-pyrrole nitrogens is 1. The minimum absolute atomic E-state index is 0. The van der Waals surface area contributed by atoms with E-state index in [1.165, 1.54) is 0 Å². The summed E-state index contributed by atoms with van der Waals surface area (Å²) in [5, 5.41) is 22.6. The summed E-state index contributed by atoms with van der Waals surface area (Å²) in [6, 6.07) is 14.7. The van der Waals surface area contributed by atoms with Crippen molar-refractivity contribution in [1.29, 1.82) is 0 Å². The molecular weight excluding hydrogens is 636 g/mol. The summed E-state index contributed by atoms with van der Waals surface area (Å²) >= 11 is 0. The van der Waals surface area contributed by atoms with Gasteiger partial charge in [0, 0.05) is 23.9 Å². The van der Waals surface area contributed by atoms with Crippen LogP contribution in [0.15, 0.2) is 60.9 Å². The maximum atomic E-state index is 12.3. The number of aromatic nitrogens is 4. The predicted molar refractivity (Wildman–Crippen MR) is 125 cm³/mol. The van der Waals surface area contributed by atoms with E-state index in [1.807, 2.05) is 36.4 Å².